The first-order valence-corrected chi connectivity index (χ1v) is 8.52. The van der Waals surface area contributed by atoms with Crippen LogP contribution in [0.15, 0.2) is 30.5 Å². The molecule has 2 aromatic rings. The van der Waals surface area contributed by atoms with Gasteiger partial charge in [-0.15, -0.1) is 0 Å². The second-order valence-corrected chi connectivity index (χ2v) is 7.14. The van der Waals surface area contributed by atoms with Crippen molar-refractivity contribution in [1.82, 2.24) is 4.98 Å². The van der Waals surface area contributed by atoms with Gasteiger partial charge in [-0.25, -0.2) is 9.37 Å². The highest BCUT2D eigenvalue weighted by molar-refractivity contribution is 7.80. The number of aromatic nitrogens is 1. The predicted octanol–water partition coefficient (Wildman–Crippen LogP) is 4.61. The van der Waals surface area contributed by atoms with E-state index in [2.05, 4.69) is 10.3 Å². The fraction of sp³-hybridized carbons (Fsp3) is 0.333. The van der Waals surface area contributed by atoms with Gasteiger partial charge in [0.05, 0.1) is 0 Å². The molecule has 3 nitrogen and oxygen atoms in total. The molecule has 0 bridgehead atoms. The fourth-order valence-corrected chi connectivity index (χ4v) is 3.54. The first kappa shape index (κ1) is 18.6. The van der Waals surface area contributed by atoms with Gasteiger partial charge in [0.2, 0.25) is 0 Å². The highest BCUT2D eigenvalue weighted by Crippen LogP contribution is 2.36. The molecule has 0 aliphatic rings. The minimum Gasteiger partial charge on any atom is -0.376 e. The van der Waals surface area contributed by atoms with Crippen molar-refractivity contribution >= 4 is 34.7 Å². The van der Waals surface area contributed by atoms with Crippen LogP contribution in [0.2, 0.25) is 5.02 Å². The number of pyridine rings is 1. The van der Waals surface area contributed by atoms with E-state index < -0.39 is 5.41 Å². The third kappa shape index (κ3) is 4.02. The lowest BCUT2D eigenvalue weighted by molar-refractivity contribution is 0.479. The number of anilines is 1. The van der Waals surface area contributed by atoms with Crippen LogP contribution in [0.4, 0.5) is 10.2 Å². The summed E-state index contributed by atoms with van der Waals surface area (Å²) in [6.45, 7) is 6.00. The Morgan fingerprint density at radius 3 is 2.67 bits per heavy atom. The molecule has 0 radical (unpaired) electrons. The first-order chi connectivity index (χ1) is 11.3. The molecule has 1 heterocycles. The number of nitrogens with two attached hydrogens (primary N) is 1. The number of nitrogens with one attached hydrogen (secondary N) is 1. The van der Waals surface area contributed by atoms with E-state index in [-0.39, 0.29) is 10.9 Å². The summed E-state index contributed by atoms with van der Waals surface area (Å²) in [4.78, 5) is 4.31. The SMILES string of the molecule is CCc1c(CC(C)(C)c2c(F)cccc2Cl)ccnc1NC(N)=S. The number of thiocarbonyl (C=S) groups is 1. The van der Waals surface area contributed by atoms with E-state index in [9.17, 15) is 4.39 Å². The molecule has 0 aliphatic carbocycles. The van der Waals surface area contributed by atoms with E-state index in [1.165, 1.54) is 6.07 Å². The maximum absolute atomic E-state index is 14.3. The zero-order chi connectivity index (χ0) is 17.9. The summed E-state index contributed by atoms with van der Waals surface area (Å²) in [5, 5.41) is 3.52. The topological polar surface area (TPSA) is 50.9 Å². The van der Waals surface area contributed by atoms with Gasteiger partial charge in [0.25, 0.3) is 0 Å². The molecule has 24 heavy (non-hydrogen) atoms. The van der Waals surface area contributed by atoms with E-state index in [1.54, 1.807) is 18.3 Å². The van der Waals surface area contributed by atoms with Gasteiger partial charge in [-0.3, -0.25) is 0 Å². The lowest BCUT2D eigenvalue weighted by Crippen LogP contribution is -2.25. The largest absolute Gasteiger partial charge is 0.376 e. The summed E-state index contributed by atoms with van der Waals surface area (Å²) in [7, 11) is 0. The minimum atomic E-state index is -0.478. The molecule has 128 valence electrons. The van der Waals surface area contributed by atoms with Crippen molar-refractivity contribution < 1.29 is 4.39 Å². The smallest absolute Gasteiger partial charge is 0.169 e. The second-order valence-electron chi connectivity index (χ2n) is 6.30. The van der Waals surface area contributed by atoms with Gasteiger partial charge < -0.3 is 11.1 Å². The summed E-state index contributed by atoms with van der Waals surface area (Å²) in [6, 6.07) is 6.72. The third-order valence-electron chi connectivity index (χ3n) is 4.02. The predicted molar refractivity (Wildman–Crippen MR) is 102 cm³/mol. The molecule has 0 saturated carbocycles. The van der Waals surface area contributed by atoms with Crippen LogP contribution in [0.25, 0.3) is 0 Å². The molecule has 0 spiro atoms. The van der Waals surface area contributed by atoms with E-state index in [0.29, 0.717) is 22.8 Å². The van der Waals surface area contributed by atoms with Crippen LogP contribution < -0.4 is 11.1 Å². The third-order valence-corrected chi connectivity index (χ3v) is 4.44. The molecule has 6 heteroatoms. The Labute approximate surface area is 152 Å². The van der Waals surface area contributed by atoms with Gasteiger partial charge in [-0.05, 0) is 59.8 Å². The van der Waals surface area contributed by atoms with Crippen molar-refractivity contribution in [2.75, 3.05) is 5.32 Å². The summed E-state index contributed by atoms with van der Waals surface area (Å²) < 4.78 is 14.3. The van der Waals surface area contributed by atoms with E-state index >= 15 is 0 Å². The van der Waals surface area contributed by atoms with Gasteiger partial charge >= 0.3 is 0 Å². The lowest BCUT2D eigenvalue weighted by atomic mass is 9.78. The summed E-state index contributed by atoms with van der Waals surface area (Å²) in [5.74, 6) is 0.360. The van der Waals surface area contributed by atoms with Crippen LogP contribution in [-0.2, 0) is 18.3 Å². The Morgan fingerprint density at radius 2 is 2.08 bits per heavy atom. The molecule has 3 N–H and O–H groups in total. The normalized spacial score (nSPS) is 11.4. The average Bonchev–Trinajstić information content (AvgIpc) is 2.46. The molecule has 0 unspecified atom stereocenters. The summed E-state index contributed by atoms with van der Waals surface area (Å²) in [6.07, 6.45) is 3.08. The van der Waals surface area contributed by atoms with Crippen molar-refractivity contribution in [1.29, 1.82) is 0 Å². The molecular formula is C18H21ClFN3S. The van der Waals surface area contributed by atoms with Crippen molar-refractivity contribution in [3.63, 3.8) is 0 Å². The number of hydrogen-bond donors (Lipinski definition) is 2. The molecule has 2 rings (SSSR count). The Hall–Kier alpha value is -1.72. The number of hydrogen-bond acceptors (Lipinski definition) is 2. The monoisotopic (exact) mass is 365 g/mol. The van der Waals surface area contributed by atoms with Crippen LogP contribution in [0.5, 0.6) is 0 Å². The highest BCUT2D eigenvalue weighted by Gasteiger charge is 2.28. The quantitative estimate of drug-likeness (QED) is 0.759. The highest BCUT2D eigenvalue weighted by atomic mass is 35.5. The van der Waals surface area contributed by atoms with Crippen molar-refractivity contribution in [3.05, 3.63) is 58.0 Å². The lowest BCUT2D eigenvalue weighted by Gasteiger charge is -2.28. The number of benzene rings is 1. The van der Waals surface area contributed by atoms with Gasteiger partial charge in [-0.1, -0.05) is 38.4 Å². The maximum Gasteiger partial charge on any atom is 0.169 e. The minimum absolute atomic E-state index is 0.172. The molecule has 0 aliphatic heterocycles. The van der Waals surface area contributed by atoms with E-state index in [1.807, 2.05) is 26.8 Å². The Morgan fingerprint density at radius 1 is 1.38 bits per heavy atom. The molecule has 0 atom stereocenters. The Bertz CT molecular complexity index is 742. The molecule has 0 saturated heterocycles. The second kappa shape index (κ2) is 7.45. The van der Waals surface area contributed by atoms with Gasteiger partial charge in [0.1, 0.15) is 11.6 Å². The molecule has 0 fully saturated rings. The van der Waals surface area contributed by atoms with Gasteiger partial charge in [-0.2, -0.15) is 0 Å². The summed E-state index contributed by atoms with van der Waals surface area (Å²) in [5.41, 5.74) is 7.70. The zero-order valence-corrected chi connectivity index (χ0v) is 15.6. The van der Waals surface area contributed by atoms with Crippen LogP contribution in [-0.4, -0.2) is 10.1 Å². The van der Waals surface area contributed by atoms with Crippen LogP contribution in [0.1, 0.15) is 37.5 Å². The fourth-order valence-electron chi connectivity index (χ4n) is 3.03. The van der Waals surface area contributed by atoms with E-state index in [4.69, 9.17) is 29.6 Å². The van der Waals surface area contributed by atoms with Crippen LogP contribution in [0, 0.1) is 5.82 Å². The van der Waals surface area contributed by atoms with Crippen molar-refractivity contribution in [2.45, 2.75) is 39.0 Å². The number of nitrogens with zero attached hydrogens (tertiary/aromatic N) is 1. The van der Waals surface area contributed by atoms with E-state index in [0.717, 1.165) is 17.5 Å². The molecular weight excluding hydrogens is 345 g/mol. The van der Waals surface area contributed by atoms with Gasteiger partial charge in [0, 0.05) is 16.8 Å². The van der Waals surface area contributed by atoms with Crippen LogP contribution >= 0.6 is 23.8 Å². The average molecular weight is 366 g/mol. The zero-order valence-electron chi connectivity index (χ0n) is 14.0. The summed E-state index contributed by atoms with van der Waals surface area (Å²) >= 11 is 11.2. The molecule has 0 amide bonds. The number of halogens is 2. The number of rotatable bonds is 5. The Kier molecular flexibility index (Phi) is 5.78. The molecule has 1 aromatic heterocycles. The Balaban J connectivity index is 2.44. The molecule has 1 aromatic carbocycles. The van der Waals surface area contributed by atoms with Crippen molar-refractivity contribution in [2.24, 2.45) is 5.73 Å². The maximum atomic E-state index is 14.3. The van der Waals surface area contributed by atoms with Gasteiger partial charge in [0.15, 0.2) is 5.11 Å². The first-order valence-electron chi connectivity index (χ1n) is 7.74. The standard InChI is InChI=1S/C18H21ClFN3S/c1-4-12-11(8-9-22-16(12)23-17(21)24)10-18(2,3)15-13(19)6-5-7-14(15)20/h5-9H,4,10H2,1-3H3,(H3,21,22,23,24). The van der Waals surface area contributed by atoms with Crippen LogP contribution in [0.3, 0.4) is 0 Å². The van der Waals surface area contributed by atoms with Crippen molar-refractivity contribution in [3.8, 4) is 0 Å².